The molecule has 7 nitrogen and oxygen atoms in total. The molecule has 0 unspecified atom stereocenters. The smallest absolute Gasteiger partial charge is 0.277 e. The van der Waals surface area contributed by atoms with E-state index >= 15 is 0 Å². The monoisotopic (exact) mass is 394 g/mol. The van der Waals surface area contributed by atoms with E-state index in [-0.39, 0.29) is 0 Å². The summed E-state index contributed by atoms with van der Waals surface area (Å²) in [6.07, 6.45) is 0. The van der Waals surface area contributed by atoms with Crippen LogP contribution in [0.2, 0.25) is 0 Å². The number of aryl methyl sites for hydroxylation is 1. The minimum absolute atomic E-state index is 0.421. The third-order valence-electron chi connectivity index (χ3n) is 4.21. The van der Waals surface area contributed by atoms with Crippen LogP contribution in [-0.4, -0.2) is 34.4 Å². The highest BCUT2D eigenvalue weighted by Crippen LogP contribution is 2.33. The Bertz CT molecular complexity index is 1130. The number of thioether (sulfide) groups is 1. The van der Waals surface area contributed by atoms with Crippen LogP contribution in [0, 0.1) is 6.92 Å². The summed E-state index contributed by atoms with van der Waals surface area (Å²) in [5, 5.41) is 8.73. The minimum Gasteiger partial charge on any atom is -0.493 e. The summed E-state index contributed by atoms with van der Waals surface area (Å²) in [5.74, 6) is 2.27. The highest BCUT2D eigenvalue weighted by molar-refractivity contribution is 7.98. The van der Waals surface area contributed by atoms with Crippen molar-refractivity contribution in [1.82, 2.24) is 20.2 Å². The van der Waals surface area contributed by atoms with Gasteiger partial charge in [0.15, 0.2) is 11.5 Å². The quantitative estimate of drug-likeness (QED) is 0.448. The number of para-hydroxylation sites is 2. The third-order valence-corrected chi connectivity index (χ3v) is 5.04. The molecule has 0 radical (unpaired) electrons. The Kier molecular flexibility index (Phi) is 5.12. The van der Waals surface area contributed by atoms with Crippen molar-refractivity contribution < 1.29 is 13.9 Å². The lowest BCUT2D eigenvalue weighted by Crippen LogP contribution is -1.96. The highest BCUT2D eigenvalue weighted by Gasteiger charge is 2.14. The zero-order valence-corrected chi connectivity index (χ0v) is 16.5. The molecule has 0 aliphatic heterocycles. The average Bonchev–Trinajstić information content (AvgIpc) is 3.20. The molecule has 0 atom stereocenters. The summed E-state index contributed by atoms with van der Waals surface area (Å²) in [5.41, 5.74) is 4.32. The van der Waals surface area contributed by atoms with E-state index in [0.717, 1.165) is 28.0 Å². The van der Waals surface area contributed by atoms with Crippen molar-refractivity contribution in [2.24, 2.45) is 0 Å². The van der Waals surface area contributed by atoms with E-state index in [4.69, 9.17) is 18.9 Å². The van der Waals surface area contributed by atoms with Crippen molar-refractivity contribution in [1.29, 1.82) is 0 Å². The van der Waals surface area contributed by atoms with E-state index in [2.05, 4.69) is 15.2 Å². The number of hydrogen-bond donors (Lipinski definition) is 0. The molecule has 0 N–H and O–H groups in total. The second-order valence-electron chi connectivity index (χ2n) is 5.98. The van der Waals surface area contributed by atoms with Gasteiger partial charge in [-0.15, -0.1) is 10.2 Å². The van der Waals surface area contributed by atoms with Gasteiger partial charge in [-0.25, -0.2) is 9.97 Å². The van der Waals surface area contributed by atoms with Gasteiger partial charge in [-0.1, -0.05) is 23.9 Å². The molecule has 0 bridgehead atoms. The Morgan fingerprint density at radius 3 is 2.43 bits per heavy atom. The predicted octanol–water partition coefficient (Wildman–Crippen LogP) is 4.30. The number of rotatable bonds is 6. The molecule has 0 amide bonds. The van der Waals surface area contributed by atoms with Gasteiger partial charge in [0.1, 0.15) is 0 Å². The standard InChI is InChI=1S/C20H18N4O3S/c1-12-16(22-15-7-5-4-6-14(15)21-12)11-28-20-24-23-19(27-20)13-8-9-17(25-2)18(10-13)26-3/h4-10H,11H2,1-3H3. The fourth-order valence-electron chi connectivity index (χ4n) is 2.75. The lowest BCUT2D eigenvalue weighted by atomic mass is 10.2. The maximum absolute atomic E-state index is 5.79. The first kappa shape index (κ1) is 18.2. The first-order valence-electron chi connectivity index (χ1n) is 8.59. The van der Waals surface area contributed by atoms with Crippen LogP contribution in [0.15, 0.2) is 52.1 Å². The van der Waals surface area contributed by atoms with Crippen LogP contribution in [0.25, 0.3) is 22.5 Å². The first-order valence-corrected chi connectivity index (χ1v) is 9.57. The number of hydrogen-bond acceptors (Lipinski definition) is 8. The molecule has 0 saturated heterocycles. The molecule has 0 aliphatic carbocycles. The van der Waals surface area contributed by atoms with E-state index in [1.807, 2.05) is 37.3 Å². The zero-order chi connectivity index (χ0) is 19.5. The highest BCUT2D eigenvalue weighted by atomic mass is 32.2. The number of fused-ring (bicyclic) bond motifs is 1. The number of aromatic nitrogens is 4. The van der Waals surface area contributed by atoms with E-state index in [1.165, 1.54) is 11.8 Å². The molecule has 0 saturated carbocycles. The Labute approximate surface area is 166 Å². The summed E-state index contributed by atoms with van der Waals surface area (Å²) < 4.78 is 16.4. The van der Waals surface area contributed by atoms with Gasteiger partial charge in [0.25, 0.3) is 5.22 Å². The van der Waals surface area contributed by atoms with Crippen molar-refractivity contribution in [3.8, 4) is 23.0 Å². The van der Waals surface area contributed by atoms with Crippen molar-refractivity contribution >= 4 is 22.8 Å². The molecule has 28 heavy (non-hydrogen) atoms. The van der Waals surface area contributed by atoms with Crippen molar-refractivity contribution in [3.05, 3.63) is 53.9 Å². The van der Waals surface area contributed by atoms with Crippen LogP contribution >= 0.6 is 11.8 Å². The molecule has 0 spiro atoms. The van der Waals surface area contributed by atoms with Crippen LogP contribution < -0.4 is 9.47 Å². The number of ether oxygens (including phenoxy) is 2. The fraction of sp³-hybridized carbons (Fsp3) is 0.200. The molecular weight excluding hydrogens is 376 g/mol. The van der Waals surface area contributed by atoms with E-state index in [1.54, 1.807) is 26.4 Å². The summed E-state index contributed by atoms with van der Waals surface area (Å²) >= 11 is 1.43. The number of nitrogens with zero attached hydrogens (tertiary/aromatic N) is 4. The Hall–Kier alpha value is -3.13. The normalized spacial score (nSPS) is 11.0. The van der Waals surface area contributed by atoms with Crippen molar-refractivity contribution in [2.75, 3.05) is 14.2 Å². The molecule has 0 fully saturated rings. The predicted molar refractivity (Wildman–Crippen MR) is 107 cm³/mol. The van der Waals surface area contributed by atoms with Crippen molar-refractivity contribution in [3.63, 3.8) is 0 Å². The fourth-order valence-corrected chi connectivity index (χ4v) is 3.52. The topological polar surface area (TPSA) is 83.2 Å². The molecule has 8 heteroatoms. The minimum atomic E-state index is 0.421. The van der Waals surface area contributed by atoms with Crippen LogP contribution in [0.5, 0.6) is 11.5 Å². The first-order chi connectivity index (χ1) is 13.7. The van der Waals surface area contributed by atoms with Gasteiger partial charge < -0.3 is 13.9 Å². The Balaban J connectivity index is 1.52. The maximum Gasteiger partial charge on any atom is 0.277 e. The van der Waals surface area contributed by atoms with Gasteiger partial charge in [-0.2, -0.15) is 0 Å². The number of benzene rings is 2. The van der Waals surface area contributed by atoms with E-state index in [0.29, 0.717) is 28.4 Å². The average molecular weight is 394 g/mol. The third kappa shape index (κ3) is 3.63. The molecular formula is C20H18N4O3S. The number of methoxy groups -OCH3 is 2. The van der Waals surface area contributed by atoms with E-state index in [9.17, 15) is 0 Å². The molecule has 0 aliphatic rings. The second-order valence-corrected chi connectivity index (χ2v) is 6.90. The Morgan fingerprint density at radius 1 is 0.929 bits per heavy atom. The summed E-state index contributed by atoms with van der Waals surface area (Å²) in [7, 11) is 3.18. The maximum atomic E-state index is 5.79. The van der Waals surface area contributed by atoms with Crippen LogP contribution in [0.4, 0.5) is 0 Å². The van der Waals surface area contributed by atoms with Gasteiger partial charge in [0, 0.05) is 11.3 Å². The van der Waals surface area contributed by atoms with Gasteiger partial charge in [0.05, 0.1) is 36.6 Å². The van der Waals surface area contributed by atoms with Gasteiger partial charge in [-0.3, -0.25) is 0 Å². The van der Waals surface area contributed by atoms with Crippen LogP contribution in [0.3, 0.4) is 0 Å². The summed E-state index contributed by atoms with van der Waals surface area (Å²) in [6, 6.07) is 13.3. The molecule has 2 aromatic carbocycles. The van der Waals surface area contributed by atoms with Crippen molar-refractivity contribution in [2.45, 2.75) is 17.9 Å². The van der Waals surface area contributed by atoms with Crippen LogP contribution in [0.1, 0.15) is 11.4 Å². The molecule has 4 rings (SSSR count). The van der Waals surface area contributed by atoms with Gasteiger partial charge >= 0.3 is 0 Å². The summed E-state index contributed by atoms with van der Waals surface area (Å²) in [4.78, 5) is 9.30. The molecule has 4 aromatic rings. The second kappa shape index (κ2) is 7.85. The van der Waals surface area contributed by atoms with E-state index < -0.39 is 0 Å². The lowest BCUT2D eigenvalue weighted by molar-refractivity contribution is 0.355. The summed E-state index contributed by atoms with van der Waals surface area (Å²) in [6.45, 7) is 1.96. The molecule has 2 heterocycles. The van der Waals surface area contributed by atoms with Gasteiger partial charge in [0.2, 0.25) is 5.89 Å². The Morgan fingerprint density at radius 2 is 1.68 bits per heavy atom. The largest absolute Gasteiger partial charge is 0.493 e. The van der Waals surface area contributed by atoms with Gasteiger partial charge in [-0.05, 0) is 37.3 Å². The SMILES string of the molecule is COc1ccc(-c2nnc(SCc3nc4ccccc4nc3C)o2)cc1OC. The van der Waals surface area contributed by atoms with Crippen LogP contribution in [-0.2, 0) is 5.75 Å². The molecule has 142 valence electrons. The lowest BCUT2D eigenvalue weighted by Gasteiger charge is -2.07. The zero-order valence-electron chi connectivity index (χ0n) is 15.7. The molecule has 2 aromatic heterocycles.